The zero-order chi connectivity index (χ0) is 9.10. The SMILES string of the molecule is Nc1nnc(SCc2cnoc2)s1. The fraction of sp³-hybridized carbons (Fsp3) is 0.167. The van der Waals surface area contributed by atoms with Gasteiger partial charge in [-0.25, -0.2) is 0 Å². The Balaban J connectivity index is 1.93. The second-order valence-electron chi connectivity index (χ2n) is 2.23. The maximum atomic E-state index is 5.43. The van der Waals surface area contributed by atoms with Crippen LogP contribution in [0.3, 0.4) is 0 Å². The Morgan fingerprint density at radius 2 is 2.46 bits per heavy atom. The Labute approximate surface area is 82.3 Å². The molecule has 2 rings (SSSR count). The molecule has 0 aliphatic carbocycles. The molecule has 13 heavy (non-hydrogen) atoms. The quantitative estimate of drug-likeness (QED) is 0.778. The summed E-state index contributed by atoms with van der Waals surface area (Å²) >= 11 is 2.94. The first-order valence-electron chi connectivity index (χ1n) is 3.44. The minimum absolute atomic E-state index is 0.493. The molecule has 0 spiro atoms. The average molecular weight is 214 g/mol. The van der Waals surface area contributed by atoms with Gasteiger partial charge in [0.15, 0.2) is 4.34 Å². The van der Waals surface area contributed by atoms with Crippen LogP contribution in [0.25, 0.3) is 0 Å². The van der Waals surface area contributed by atoms with Gasteiger partial charge < -0.3 is 10.3 Å². The number of aromatic nitrogens is 3. The molecule has 0 aromatic carbocycles. The lowest BCUT2D eigenvalue weighted by molar-refractivity contribution is 0.419. The van der Waals surface area contributed by atoms with Crippen molar-refractivity contribution in [2.75, 3.05) is 5.73 Å². The summed E-state index contributed by atoms with van der Waals surface area (Å²) < 4.78 is 5.55. The Morgan fingerprint density at radius 1 is 1.54 bits per heavy atom. The highest BCUT2D eigenvalue weighted by Gasteiger charge is 2.03. The fourth-order valence-corrected chi connectivity index (χ4v) is 2.26. The first kappa shape index (κ1) is 8.52. The molecular formula is C6H6N4OS2. The molecule has 2 aromatic rings. The number of anilines is 1. The predicted molar refractivity (Wildman–Crippen MR) is 50.4 cm³/mol. The monoisotopic (exact) mass is 214 g/mol. The van der Waals surface area contributed by atoms with Crippen molar-refractivity contribution in [3.63, 3.8) is 0 Å². The van der Waals surface area contributed by atoms with Crippen molar-refractivity contribution in [2.24, 2.45) is 0 Å². The van der Waals surface area contributed by atoms with Crippen LogP contribution in [-0.2, 0) is 5.75 Å². The van der Waals surface area contributed by atoms with Gasteiger partial charge in [0.1, 0.15) is 6.26 Å². The molecule has 0 saturated carbocycles. The van der Waals surface area contributed by atoms with Gasteiger partial charge in [0, 0.05) is 11.3 Å². The summed E-state index contributed by atoms with van der Waals surface area (Å²) in [5.41, 5.74) is 6.45. The summed E-state index contributed by atoms with van der Waals surface area (Å²) in [7, 11) is 0. The van der Waals surface area contributed by atoms with E-state index >= 15 is 0 Å². The largest absolute Gasteiger partial charge is 0.374 e. The van der Waals surface area contributed by atoms with Gasteiger partial charge >= 0.3 is 0 Å². The predicted octanol–water partition coefficient (Wildman–Crippen LogP) is 1.40. The third-order valence-corrected chi connectivity index (χ3v) is 3.22. The van der Waals surface area contributed by atoms with E-state index in [0.29, 0.717) is 5.13 Å². The van der Waals surface area contributed by atoms with Crippen molar-refractivity contribution in [3.05, 3.63) is 18.0 Å². The summed E-state index contributed by atoms with van der Waals surface area (Å²) in [6.45, 7) is 0. The van der Waals surface area contributed by atoms with E-state index in [1.165, 1.54) is 11.3 Å². The number of hydrogen-bond donors (Lipinski definition) is 1. The van der Waals surface area contributed by atoms with Gasteiger partial charge in [-0.05, 0) is 0 Å². The van der Waals surface area contributed by atoms with Crippen LogP contribution < -0.4 is 5.73 Å². The summed E-state index contributed by atoms with van der Waals surface area (Å²) in [6, 6.07) is 0. The maximum absolute atomic E-state index is 5.43. The molecule has 2 aromatic heterocycles. The minimum Gasteiger partial charge on any atom is -0.374 e. The standard InChI is InChI=1S/C6H6N4OS2/c7-5-9-10-6(13-5)12-3-4-1-8-11-2-4/h1-2H,3H2,(H2,7,9). The van der Waals surface area contributed by atoms with Crippen molar-refractivity contribution in [1.82, 2.24) is 15.4 Å². The molecule has 2 N–H and O–H groups in total. The van der Waals surface area contributed by atoms with Crippen LogP contribution in [0.4, 0.5) is 5.13 Å². The Hall–Kier alpha value is -1.08. The summed E-state index contributed by atoms with van der Waals surface area (Å²) in [5.74, 6) is 0.776. The Kier molecular flexibility index (Phi) is 2.46. The molecule has 5 nitrogen and oxygen atoms in total. The number of nitrogens with two attached hydrogens (primary N) is 1. The van der Waals surface area contributed by atoms with E-state index in [1.54, 1.807) is 24.2 Å². The Morgan fingerprint density at radius 3 is 3.08 bits per heavy atom. The van der Waals surface area contributed by atoms with Crippen LogP contribution in [0.1, 0.15) is 5.56 Å². The first-order valence-corrected chi connectivity index (χ1v) is 5.25. The van der Waals surface area contributed by atoms with Gasteiger partial charge in [0.25, 0.3) is 0 Å². The lowest BCUT2D eigenvalue weighted by Crippen LogP contribution is -1.80. The Bertz CT molecular complexity index is 372. The second kappa shape index (κ2) is 3.75. The first-order chi connectivity index (χ1) is 6.34. The second-order valence-corrected chi connectivity index (χ2v) is 4.46. The van der Waals surface area contributed by atoms with Crippen LogP contribution >= 0.6 is 23.1 Å². The molecule has 2 heterocycles. The third-order valence-electron chi connectivity index (χ3n) is 1.27. The van der Waals surface area contributed by atoms with E-state index < -0.39 is 0 Å². The number of hydrogen-bond acceptors (Lipinski definition) is 7. The molecule has 0 radical (unpaired) electrons. The van der Waals surface area contributed by atoms with Crippen LogP contribution in [-0.4, -0.2) is 15.4 Å². The van der Waals surface area contributed by atoms with Gasteiger partial charge in [0.05, 0.1) is 6.20 Å². The van der Waals surface area contributed by atoms with Crippen molar-refractivity contribution in [2.45, 2.75) is 10.1 Å². The molecule has 7 heteroatoms. The molecular weight excluding hydrogens is 208 g/mol. The van der Waals surface area contributed by atoms with Crippen LogP contribution in [0.15, 0.2) is 21.3 Å². The van der Waals surface area contributed by atoms with Crippen LogP contribution in [0.2, 0.25) is 0 Å². The number of nitrogens with zero attached hydrogens (tertiary/aromatic N) is 3. The van der Waals surface area contributed by atoms with Gasteiger partial charge in [-0.15, -0.1) is 10.2 Å². The van der Waals surface area contributed by atoms with Crippen molar-refractivity contribution in [1.29, 1.82) is 0 Å². The highest BCUT2D eigenvalue weighted by molar-refractivity contribution is 8.00. The van der Waals surface area contributed by atoms with Gasteiger partial charge in [-0.2, -0.15) is 0 Å². The lowest BCUT2D eigenvalue weighted by Gasteiger charge is -1.89. The van der Waals surface area contributed by atoms with E-state index in [4.69, 9.17) is 5.73 Å². The van der Waals surface area contributed by atoms with E-state index in [-0.39, 0.29) is 0 Å². The summed E-state index contributed by atoms with van der Waals surface area (Å²) in [6.07, 6.45) is 3.29. The van der Waals surface area contributed by atoms with Gasteiger partial charge in [-0.1, -0.05) is 28.3 Å². The maximum Gasteiger partial charge on any atom is 0.203 e. The van der Waals surface area contributed by atoms with E-state index in [9.17, 15) is 0 Å². The molecule has 0 fully saturated rings. The van der Waals surface area contributed by atoms with E-state index in [1.807, 2.05) is 0 Å². The minimum atomic E-state index is 0.493. The number of nitrogen functional groups attached to an aromatic ring is 1. The highest BCUT2D eigenvalue weighted by atomic mass is 32.2. The summed E-state index contributed by atoms with van der Waals surface area (Å²) in [4.78, 5) is 0. The topological polar surface area (TPSA) is 77.8 Å². The van der Waals surface area contributed by atoms with E-state index in [0.717, 1.165) is 15.7 Å². The normalized spacial score (nSPS) is 10.5. The van der Waals surface area contributed by atoms with Crippen LogP contribution in [0, 0.1) is 0 Å². The van der Waals surface area contributed by atoms with Gasteiger partial charge in [-0.3, -0.25) is 0 Å². The molecule has 0 aliphatic rings. The fourth-order valence-electron chi connectivity index (χ4n) is 0.722. The third kappa shape index (κ3) is 2.19. The zero-order valence-corrected chi connectivity index (χ0v) is 8.14. The lowest BCUT2D eigenvalue weighted by atomic mass is 10.4. The molecule has 0 bridgehead atoms. The van der Waals surface area contributed by atoms with E-state index in [2.05, 4.69) is 19.9 Å². The zero-order valence-electron chi connectivity index (χ0n) is 6.51. The molecule has 0 atom stereocenters. The molecule has 0 saturated heterocycles. The van der Waals surface area contributed by atoms with Crippen molar-refractivity contribution in [3.8, 4) is 0 Å². The van der Waals surface area contributed by atoms with Crippen molar-refractivity contribution >= 4 is 28.2 Å². The highest BCUT2D eigenvalue weighted by Crippen LogP contribution is 2.26. The summed E-state index contributed by atoms with van der Waals surface area (Å²) in [5, 5.41) is 11.7. The van der Waals surface area contributed by atoms with Crippen molar-refractivity contribution < 1.29 is 4.52 Å². The molecule has 0 amide bonds. The number of rotatable bonds is 3. The molecule has 68 valence electrons. The van der Waals surface area contributed by atoms with Gasteiger partial charge in [0.2, 0.25) is 5.13 Å². The average Bonchev–Trinajstić information content (AvgIpc) is 2.71. The molecule has 0 aliphatic heterocycles. The smallest absolute Gasteiger partial charge is 0.203 e. The number of thioether (sulfide) groups is 1. The van der Waals surface area contributed by atoms with Crippen LogP contribution in [0.5, 0.6) is 0 Å². The molecule has 0 unspecified atom stereocenters.